The van der Waals surface area contributed by atoms with Crippen molar-refractivity contribution in [3.63, 3.8) is 0 Å². The molecule has 6 unspecified atom stereocenters. The van der Waals surface area contributed by atoms with Crippen LogP contribution in [0.1, 0.15) is 52.9 Å². The molecule has 6 atom stereocenters. The molecule has 12 nitrogen and oxygen atoms in total. The number of rotatable bonds is 12. The summed E-state index contributed by atoms with van der Waals surface area (Å²) in [5.41, 5.74) is 10.8. The first-order chi connectivity index (χ1) is 14.9. The van der Waals surface area contributed by atoms with E-state index in [1.807, 2.05) is 6.92 Å². The van der Waals surface area contributed by atoms with Gasteiger partial charge in [0.1, 0.15) is 24.2 Å². The van der Waals surface area contributed by atoms with E-state index in [2.05, 4.69) is 10.6 Å². The molecular formula is C20H35N5O7. The number of nitrogens with zero attached hydrogens (tertiary/aromatic N) is 1. The van der Waals surface area contributed by atoms with Crippen LogP contribution >= 0.6 is 0 Å². The van der Waals surface area contributed by atoms with Crippen LogP contribution in [0.3, 0.4) is 0 Å². The summed E-state index contributed by atoms with van der Waals surface area (Å²) in [6.45, 7) is 5.15. The highest BCUT2D eigenvalue weighted by molar-refractivity contribution is 5.94. The summed E-state index contributed by atoms with van der Waals surface area (Å²) >= 11 is 0. The number of carbonyl (C=O) groups is 5. The van der Waals surface area contributed by atoms with Crippen molar-refractivity contribution in [3.8, 4) is 0 Å². The van der Waals surface area contributed by atoms with E-state index < -0.39 is 59.9 Å². The van der Waals surface area contributed by atoms with Crippen LogP contribution in [0.4, 0.5) is 0 Å². The molecule has 1 heterocycles. The number of nitrogens with one attached hydrogen (secondary N) is 2. The quantitative estimate of drug-likeness (QED) is 0.194. The van der Waals surface area contributed by atoms with Gasteiger partial charge in [-0.2, -0.15) is 0 Å². The smallest absolute Gasteiger partial charge is 0.326 e. The van der Waals surface area contributed by atoms with E-state index in [-0.39, 0.29) is 25.3 Å². The Morgan fingerprint density at radius 3 is 2.25 bits per heavy atom. The molecule has 1 fully saturated rings. The largest absolute Gasteiger partial charge is 0.480 e. The molecule has 1 aliphatic rings. The molecule has 4 amide bonds. The minimum atomic E-state index is -1.30. The molecule has 0 aromatic heterocycles. The van der Waals surface area contributed by atoms with Crippen LogP contribution in [0.15, 0.2) is 0 Å². The third-order valence-corrected chi connectivity index (χ3v) is 5.73. The zero-order chi connectivity index (χ0) is 24.6. The molecule has 12 heteroatoms. The Bertz CT molecular complexity index is 714. The molecular weight excluding hydrogens is 422 g/mol. The van der Waals surface area contributed by atoms with Gasteiger partial charge in [0, 0.05) is 13.0 Å². The van der Waals surface area contributed by atoms with Crippen LogP contribution in [0.5, 0.6) is 0 Å². The average molecular weight is 458 g/mol. The van der Waals surface area contributed by atoms with Crippen LogP contribution < -0.4 is 22.1 Å². The van der Waals surface area contributed by atoms with Crippen molar-refractivity contribution in [2.45, 2.75) is 83.1 Å². The van der Waals surface area contributed by atoms with E-state index in [1.165, 1.54) is 11.8 Å². The molecule has 1 aliphatic heterocycles. The van der Waals surface area contributed by atoms with E-state index >= 15 is 0 Å². The Labute approximate surface area is 187 Å². The zero-order valence-electron chi connectivity index (χ0n) is 18.7. The monoisotopic (exact) mass is 457 g/mol. The molecule has 0 spiro atoms. The average Bonchev–Trinajstić information content (AvgIpc) is 3.23. The number of aliphatic hydroxyl groups excluding tert-OH is 1. The fraction of sp³-hybridized carbons (Fsp3) is 0.750. The van der Waals surface area contributed by atoms with Crippen molar-refractivity contribution in [1.82, 2.24) is 15.5 Å². The van der Waals surface area contributed by atoms with Gasteiger partial charge in [-0.05, 0) is 32.1 Å². The highest BCUT2D eigenvalue weighted by Gasteiger charge is 2.40. The third kappa shape index (κ3) is 7.45. The second-order valence-corrected chi connectivity index (χ2v) is 8.23. The van der Waals surface area contributed by atoms with Crippen molar-refractivity contribution in [3.05, 3.63) is 0 Å². The number of carboxylic acids is 1. The Balaban J connectivity index is 3.06. The SMILES string of the molecule is CCC(C)C(NC(=O)C(CCC(N)=O)NC(=O)C(N)C(C)O)C(=O)N1CCCC1C(=O)O. The number of likely N-dealkylation sites (tertiary alicyclic amines) is 1. The highest BCUT2D eigenvalue weighted by atomic mass is 16.4. The minimum absolute atomic E-state index is 0.137. The minimum Gasteiger partial charge on any atom is -0.480 e. The van der Waals surface area contributed by atoms with Crippen LogP contribution in [-0.4, -0.2) is 81.5 Å². The van der Waals surface area contributed by atoms with Crippen LogP contribution in [0.2, 0.25) is 0 Å². The molecule has 8 N–H and O–H groups in total. The number of primary amides is 1. The second-order valence-electron chi connectivity index (χ2n) is 8.23. The summed E-state index contributed by atoms with van der Waals surface area (Å²) in [6, 6.07) is -4.51. The van der Waals surface area contributed by atoms with Gasteiger partial charge in [0.15, 0.2) is 0 Å². The van der Waals surface area contributed by atoms with Crippen molar-refractivity contribution in [2.24, 2.45) is 17.4 Å². The second kappa shape index (κ2) is 12.3. The molecule has 0 bridgehead atoms. The van der Waals surface area contributed by atoms with Crippen LogP contribution in [-0.2, 0) is 24.0 Å². The van der Waals surface area contributed by atoms with E-state index in [1.54, 1.807) is 6.92 Å². The van der Waals surface area contributed by atoms with Gasteiger partial charge >= 0.3 is 5.97 Å². The Morgan fingerprint density at radius 2 is 1.75 bits per heavy atom. The van der Waals surface area contributed by atoms with Gasteiger partial charge in [-0.25, -0.2) is 4.79 Å². The molecule has 0 saturated carbocycles. The number of carbonyl (C=O) groups excluding carboxylic acids is 4. The topological polar surface area (TPSA) is 205 Å². The lowest BCUT2D eigenvalue weighted by atomic mass is 9.96. The maximum atomic E-state index is 13.1. The maximum Gasteiger partial charge on any atom is 0.326 e. The molecule has 0 aromatic rings. The number of aliphatic hydroxyl groups is 1. The zero-order valence-corrected chi connectivity index (χ0v) is 18.7. The standard InChI is InChI=1S/C20H35N5O7/c1-4-10(2)16(19(30)25-9-5-6-13(25)20(31)32)24-17(28)12(7-8-14(21)27)23-18(29)15(22)11(3)26/h10-13,15-16,26H,4-9,22H2,1-3H3,(H2,21,27)(H,23,29)(H,24,28)(H,31,32). The number of hydrogen-bond acceptors (Lipinski definition) is 7. The van der Waals surface area contributed by atoms with Crippen LogP contribution in [0.25, 0.3) is 0 Å². The number of nitrogens with two attached hydrogens (primary N) is 2. The van der Waals surface area contributed by atoms with Crippen LogP contribution in [0, 0.1) is 5.92 Å². The first kappa shape index (κ1) is 27.3. The Hall–Kier alpha value is -2.73. The first-order valence-corrected chi connectivity index (χ1v) is 10.8. The molecule has 1 saturated heterocycles. The lowest BCUT2D eigenvalue weighted by molar-refractivity contribution is -0.150. The summed E-state index contributed by atoms with van der Waals surface area (Å²) in [5.74, 6) is -4.17. The molecule has 0 aliphatic carbocycles. The number of carboxylic acid groups (broad SMARTS) is 1. The lowest BCUT2D eigenvalue weighted by Gasteiger charge is -2.31. The Kier molecular flexibility index (Phi) is 10.5. The molecule has 182 valence electrons. The van der Waals surface area contributed by atoms with Gasteiger partial charge in [-0.3, -0.25) is 19.2 Å². The molecule has 1 rings (SSSR count). The summed E-state index contributed by atoms with van der Waals surface area (Å²) in [4.78, 5) is 62.3. The summed E-state index contributed by atoms with van der Waals surface area (Å²) in [6.07, 6.45) is -0.130. The third-order valence-electron chi connectivity index (χ3n) is 5.73. The molecule has 0 radical (unpaired) electrons. The van der Waals surface area contributed by atoms with E-state index in [4.69, 9.17) is 11.5 Å². The van der Waals surface area contributed by atoms with Gasteiger partial charge < -0.3 is 37.2 Å². The number of amides is 4. The molecule has 0 aromatic carbocycles. The van der Waals surface area contributed by atoms with E-state index in [9.17, 15) is 34.2 Å². The van der Waals surface area contributed by atoms with Crippen molar-refractivity contribution >= 4 is 29.6 Å². The lowest BCUT2D eigenvalue weighted by Crippen LogP contribution is -2.59. The normalized spacial score (nSPS) is 20.5. The predicted molar refractivity (Wildman–Crippen MR) is 114 cm³/mol. The van der Waals surface area contributed by atoms with Crippen molar-refractivity contribution in [1.29, 1.82) is 0 Å². The predicted octanol–water partition coefficient (Wildman–Crippen LogP) is -1.95. The Morgan fingerprint density at radius 1 is 1.12 bits per heavy atom. The number of hydrogen-bond donors (Lipinski definition) is 6. The van der Waals surface area contributed by atoms with Gasteiger partial charge in [0.25, 0.3) is 0 Å². The maximum absolute atomic E-state index is 13.1. The number of aliphatic carboxylic acids is 1. The first-order valence-electron chi connectivity index (χ1n) is 10.8. The van der Waals surface area contributed by atoms with E-state index in [0.29, 0.717) is 19.3 Å². The van der Waals surface area contributed by atoms with Gasteiger partial charge in [-0.1, -0.05) is 20.3 Å². The van der Waals surface area contributed by atoms with Gasteiger partial charge in [0.05, 0.1) is 6.10 Å². The summed E-state index contributed by atoms with van der Waals surface area (Å²) in [5, 5.41) is 23.9. The highest BCUT2D eigenvalue weighted by Crippen LogP contribution is 2.21. The fourth-order valence-electron chi connectivity index (χ4n) is 3.45. The van der Waals surface area contributed by atoms with Gasteiger partial charge in [-0.15, -0.1) is 0 Å². The summed E-state index contributed by atoms with van der Waals surface area (Å²) in [7, 11) is 0. The van der Waals surface area contributed by atoms with Crippen molar-refractivity contribution in [2.75, 3.05) is 6.54 Å². The van der Waals surface area contributed by atoms with Crippen molar-refractivity contribution < 1.29 is 34.2 Å². The fourth-order valence-corrected chi connectivity index (χ4v) is 3.45. The summed E-state index contributed by atoms with van der Waals surface area (Å²) < 4.78 is 0. The van der Waals surface area contributed by atoms with E-state index in [0.717, 1.165) is 0 Å². The molecule has 32 heavy (non-hydrogen) atoms. The van der Waals surface area contributed by atoms with Gasteiger partial charge in [0.2, 0.25) is 23.6 Å².